The average molecular weight is 150 g/mol. The number of aromatic nitrogens is 2. The van der Waals surface area contributed by atoms with Crippen LogP contribution in [0.2, 0.25) is 0 Å². The van der Waals surface area contributed by atoms with E-state index in [1.54, 1.807) is 6.33 Å². The largest absolute Gasteiger partial charge is 0.351 e. The Labute approximate surface area is 67.0 Å². The molecule has 1 aliphatic rings. The van der Waals surface area contributed by atoms with Gasteiger partial charge in [0, 0.05) is 6.20 Å². The summed E-state index contributed by atoms with van der Waals surface area (Å²) >= 11 is 0. The van der Waals surface area contributed by atoms with Crippen LogP contribution in [0.3, 0.4) is 0 Å². The minimum atomic E-state index is 0.915. The lowest BCUT2D eigenvalue weighted by atomic mass is 10.0. The summed E-state index contributed by atoms with van der Waals surface area (Å²) in [6, 6.07) is 0. The van der Waals surface area contributed by atoms with Crippen molar-refractivity contribution < 1.29 is 0 Å². The van der Waals surface area contributed by atoms with E-state index in [4.69, 9.17) is 0 Å². The highest BCUT2D eigenvalue weighted by molar-refractivity contribution is 4.96. The van der Waals surface area contributed by atoms with Gasteiger partial charge in [-0.25, -0.2) is 4.98 Å². The number of H-pyrrole nitrogens is 1. The summed E-state index contributed by atoms with van der Waals surface area (Å²) in [4.78, 5) is 7.22. The van der Waals surface area contributed by atoms with Crippen molar-refractivity contribution in [1.82, 2.24) is 9.97 Å². The summed E-state index contributed by atoms with van der Waals surface area (Å²) in [6.07, 6.45) is 10.6. The lowest BCUT2D eigenvalue weighted by Gasteiger charge is -2.04. The van der Waals surface area contributed by atoms with Crippen LogP contribution in [-0.4, -0.2) is 9.97 Å². The molecule has 1 fully saturated rings. The first-order valence-corrected chi connectivity index (χ1v) is 4.43. The van der Waals surface area contributed by atoms with Crippen molar-refractivity contribution in [3.05, 3.63) is 18.2 Å². The van der Waals surface area contributed by atoms with Crippen LogP contribution in [0.25, 0.3) is 0 Å². The molecular weight excluding hydrogens is 136 g/mol. The Hall–Kier alpha value is -0.790. The first kappa shape index (κ1) is 6.89. The number of aromatic amines is 1. The van der Waals surface area contributed by atoms with Gasteiger partial charge in [-0.05, 0) is 12.3 Å². The van der Waals surface area contributed by atoms with Crippen LogP contribution >= 0.6 is 0 Å². The predicted octanol–water partition coefficient (Wildman–Crippen LogP) is 2.14. The molecule has 1 saturated carbocycles. The summed E-state index contributed by atoms with van der Waals surface area (Å²) in [5.74, 6) is 0.915. The van der Waals surface area contributed by atoms with E-state index < -0.39 is 0 Å². The number of hydrogen-bond donors (Lipinski definition) is 1. The number of nitrogens with one attached hydrogen (secondary N) is 1. The maximum atomic E-state index is 4.22. The fourth-order valence-electron chi connectivity index (χ4n) is 1.91. The minimum Gasteiger partial charge on any atom is -0.351 e. The molecule has 0 saturated heterocycles. The third kappa shape index (κ3) is 1.62. The van der Waals surface area contributed by atoms with Gasteiger partial charge in [-0.2, -0.15) is 0 Å². The van der Waals surface area contributed by atoms with Crippen molar-refractivity contribution >= 4 is 0 Å². The zero-order chi connectivity index (χ0) is 7.52. The van der Waals surface area contributed by atoms with E-state index in [9.17, 15) is 0 Å². The SMILES string of the molecule is c1nc(CC2CCCC2)c[nH]1. The second kappa shape index (κ2) is 3.07. The maximum absolute atomic E-state index is 4.22. The maximum Gasteiger partial charge on any atom is 0.0923 e. The van der Waals surface area contributed by atoms with Crippen molar-refractivity contribution in [1.29, 1.82) is 0 Å². The molecule has 2 heteroatoms. The van der Waals surface area contributed by atoms with Crippen LogP contribution in [0.15, 0.2) is 12.5 Å². The number of nitrogens with zero attached hydrogens (tertiary/aromatic N) is 1. The topological polar surface area (TPSA) is 28.7 Å². The third-order valence-electron chi connectivity index (χ3n) is 2.53. The standard InChI is InChI=1S/C9H14N2/c1-2-4-8(3-1)5-9-6-10-7-11-9/h6-8H,1-5H2,(H,10,11). The monoisotopic (exact) mass is 150 g/mol. The van der Waals surface area contributed by atoms with Gasteiger partial charge in [0.05, 0.1) is 12.0 Å². The van der Waals surface area contributed by atoms with E-state index in [-0.39, 0.29) is 0 Å². The number of rotatable bonds is 2. The molecule has 0 unspecified atom stereocenters. The quantitative estimate of drug-likeness (QED) is 0.687. The van der Waals surface area contributed by atoms with Gasteiger partial charge in [0.2, 0.25) is 0 Å². The van der Waals surface area contributed by atoms with Gasteiger partial charge in [0.25, 0.3) is 0 Å². The molecule has 60 valence electrons. The first-order valence-electron chi connectivity index (χ1n) is 4.43. The van der Waals surface area contributed by atoms with Crippen LogP contribution in [0, 0.1) is 5.92 Å². The van der Waals surface area contributed by atoms with Crippen LogP contribution < -0.4 is 0 Å². The highest BCUT2D eigenvalue weighted by Crippen LogP contribution is 2.27. The van der Waals surface area contributed by atoms with Gasteiger partial charge in [0.1, 0.15) is 0 Å². The molecule has 1 heterocycles. The second-order valence-electron chi connectivity index (χ2n) is 3.42. The van der Waals surface area contributed by atoms with E-state index >= 15 is 0 Å². The normalized spacial score (nSPS) is 19.3. The molecule has 0 aliphatic heterocycles. The predicted molar refractivity (Wildman–Crippen MR) is 44.2 cm³/mol. The fourth-order valence-corrected chi connectivity index (χ4v) is 1.91. The van der Waals surface area contributed by atoms with Gasteiger partial charge in [-0.1, -0.05) is 25.7 Å². The fraction of sp³-hybridized carbons (Fsp3) is 0.667. The number of hydrogen-bond acceptors (Lipinski definition) is 1. The molecule has 0 atom stereocenters. The van der Waals surface area contributed by atoms with Gasteiger partial charge in [-0.15, -0.1) is 0 Å². The third-order valence-corrected chi connectivity index (χ3v) is 2.53. The Morgan fingerprint density at radius 3 is 2.91 bits per heavy atom. The molecule has 0 radical (unpaired) electrons. The lowest BCUT2D eigenvalue weighted by molar-refractivity contribution is 0.540. The van der Waals surface area contributed by atoms with Crippen molar-refractivity contribution in [2.45, 2.75) is 32.1 Å². The smallest absolute Gasteiger partial charge is 0.0923 e. The molecule has 11 heavy (non-hydrogen) atoms. The van der Waals surface area contributed by atoms with Crippen molar-refractivity contribution in [2.24, 2.45) is 5.92 Å². The molecule has 1 aliphatic carbocycles. The van der Waals surface area contributed by atoms with Gasteiger partial charge in [0.15, 0.2) is 0 Å². The van der Waals surface area contributed by atoms with Crippen LogP contribution in [0.5, 0.6) is 0 Å². The average Bonchev–Trinajstić information content (AvgIpc) is 2.60. The van der Waals surface area contributed by atoms with Crippen molar-refractivity contribution in [3.8, 4) is 0 Å². The molecular formula is C9H14N2. The Morgan fingerprint density at radius 1 is 1.45 bits per heavy atom. The molecule has 2 rings (SSSR count). The summed E-state index contributed by atoms with van der Waals surface area (Å²) in [5, 5.41) is 0. The highest BCUT2D eigenvalue weighted by Gasteiger charge is 2.15. The highest BCUT2D eigenvalue weighted by atomic mass is 14.9. The molecule has 1 aromatic rings. The molecule has 0 bridgehead atoms. The zero-order valence-electron chi connectivity index (χ0n) is 6.71. The molecule has 2 nitrogen and oxygen atoms in total. The van der Waals surface area contributed by atoms with Crippen molar-refractivity contribution in [2.75, 3.05) is 0 Å². The molecule has 1 N–H and O–H groups in total. The zero-order valence-corrected chi connectivity index (χ0v) is 6.71. The van der Waals surface area contributed by atoms with Gasteiger partial charge >= 0.3 is 0 Å². The first-order chi connectivity index (χ1) is 5.45. The van der Waals surface area contributed by atoms with Gasteiger partial charge in [-0.3, -0.25) is 0 Å². The summed E-state index contributed by atoms with van der Waals surface area (Å²) in [5.41, 5.74) is 1.23. The second-order valence-corrected chi connectivity index (χ2v) is 3.42. The van der Waals surface area contributed by atoms with E-state index in [0.29, 0.717) is 0 Å². The number of imidazole rings is 1. The van der Waals surface area contributed by atoms with Crippen LogP contribution in [0.4, 0.5) is 0 Å². The van der Waals surface area contributed by atoms with Crippen molar-refractivity contribution in [3.63, 3.8) is 0 Å². The molecule has 0 aromatic carbocycles. The Balaban J connectivity index is 1.90. The summed E-state index contributed by atoms with van der Waals surface area (Å²) in [7, 11) is 0. The van der Waals surface area contributed by atoms with E-state index in [1.165, 1.54) is 37.8 Å². The Kier molecular flexibility index (Phi) is 1.93. The van der Waals surface area contributed by atoms with E-state index in [1.807, 2.05) is 6.20 Å². The van der Waals surface area contributed by atoms with E-state index in [2.05, 4.69) is 9.97 Å². The van der Waals surface area contributed by atoms with Crippen LogP contribution in [-0.2, 0) is 6.42 Å². The Bertz CT molecular complexity index is 197. The summed E-state index contributed by atoms with van der Waals surface area (Å²) in [6.45, 7) is 0. The lowest BCUT2D eigenvalue weighted by Crippen LogP contribution is -1.98. The summed E-state index contributed by atoms with van der Waals surface area (Å²) < 4.78 is 0. The molecule has 1 aromatic heterocycles. The van der Waals surface area contributed by atoms with Crippen LogP contribution in [0.1, 0.15) is 31.4 Å². The molecule has 0 spiro atoms. The molecule has 0 amide bonds. The minimum absolute atomic E-state index is 0.915. The Morgan fingerprint density at radius 2 is 2.27 bits per heavy atom. The van der Waals surface area contributed by atoms with E-state index in [0.717, 1.165) is 5.92 Å². The van der Waals surface area contributed by atoms with Gasteiger partial charge < -0.3 is 4.98 Å².